The standard InChI is InChI=1S/C26H23ClN2O2S/c1-3-18-12-14-20(15-13-18)29-24(30)17(2)32-26(29)21-9-5-7-11-23(21)28(25(26)31)16-19-8-4-6-10-22(19)27/h4-15,17H,3,16H2,1-2H3/t17-,26+/m1/s1. The molecule has 6 heteroatoms. The van der Waals surface area contributed by atoms with Crippen molar-refractivity contribution in [1.29, 1.82) is 0 Å². The Morgan fingerprint density at radius 3 is 2.38 bits per heavy atom. The second kappa shape index (κ2) is 7.98. The van der Waals surface area contributed by atoms with E-state index in [4.69, 9.17) is 11.6 Å². The molecule has 3 aromatic carbocycles. The van der Waals surface area contributed by atoms with Crippen LogP contribution in [-0.2, 0) is 27.4 Å². The highest BCUT2D eigenvalue weighted by Gasteiger charge is 2.63. The molecule has 162 valence electrons. The number of fused-ring (bicyclic) bond motifs is 2. The first kappa shape index (κ1) is 21.1. The van der Waals surface area contributed by atoms with Crippen molar-refractivity contribution in [2.24, 2.45) is 0 Å². The van der Waals surface area contributed by atoms with Crippen molar-refractivity contribution in [3.05, 3.63) is 94.5 Å². The Morgan fingerprint density at radius 1 is 0.969 bits per heavy atom. The van der Waals surface area contributed by atoms with E-state index in [0.29, 0.717) is 11.6 Å². The van der Waals surface area contributed by atoms with E-state index >= 15 is 0 Å². The zero-order chi connectivity index (χ0) is 22.5. The van der Waals surface area contributed by atoms with E-state index < -0.39 is 4.87 Å². The summed E-state index contributed by atoms with van der Waals surface area (Å²) >= 11 is 7.84. The molecule has 1 spiro atoms. The molecule has 1 saturated heterocycles. The van der Waals surface area contributed by atoms with Gasteiger partial charge in [-0.1, -0.05) is 67.1 Å². The number of aryl methyl sites for hydroxylation is 1. The maximum atomic E-state index is 14.2. The zero-order valence-electron chi connectivity index (χ0n) is 17.9. The van der Waals surface area contributed by atoms with E-state index in [2.05, 4.69) is 6.92 Å². The van der Waals surface area contributed by atoms with Gasteiger partial charge in [-0.2, -0.15) is 0 Å². The Hall–Kier alpha value is -2.76. The lowest BCUT2D eigenvalue weighted by molar-refractivity contribution is -0.124. The third-order valence-electron chi connectivity index (χ3n) is 6.21. The second-order valence-electron chi connectivity index (χ2n) is 8.10. The molecule has 0 aliphatic carbocycles. The molecule has 2 atom stereocenters. The highest BCUT2D eigenvalue weighted by molar-refractivity contribution is 8.03. The number of amides is 2. The van der Waals surface area contributed by atoms with Crippen molar-refractivity contribution < 1.29 is 9.59 Å². The summed E-state index contributed by atoms with van der Waals surface area (Å²) in [5, 5.41) is 0.285. The monoisotopic (exact) mass is 462 g/mol. The maximum Gasteiger partial charge on any atom is 0.269 e. The van der Waals surface area contributed by atoms with E-state index in [-0.39, 0.29) is 17.1 Å². The van der Waals surface area contributed by atoms with Crippen molar-refractivity contribution in [2.45, 2.75) is 36.9 Å². The van der Waals surface area contributed by atoms with Crippen LogP contribution in [0.5, 0.6) is 0 Å². The maximum absolute atomic E-state index is 14.2. The Labute approximate surface area is 197 Å². The average Bonchev–Trinajstić information content (AvgIpc) is 3.21. The minimum atomic E-state index is -1.12. The minimum Gasteiger partial charge on any atom is -0.304 e. The fraction of sp³-hybridized carbons (Fsp3) is 0.231. The van der Waals surface area contributed by atoms with Gasteiger partial charge < -0.3 is 4.90 Å². The number of thioether (sulfide) groups is 1. The van der Waals surface area contributed by atoms with E-state index in [0.717, 1.165) is 28.9 Å². The van der Waals surface area contributed by atoms with Crippen LogP contribution in [-0.4, -0.2) is 17.1 Å². The molecule has 2 aliphatic rings. The van der Waals surface area contributed by atoms with Crippen molar-refractivity contribution in [1.82, 2.24) is 0 Å². The Balaban J connectivity index is 1.65. The summed E-state index contributed by atoms with van der Waals surface area (Å²) in [6.07, 6.45) is 0.915. The lowest BCUT2D eigenvalue weighted by atomic mass is 10.0. The predicted molar refractivity (Wildman–Crippen MR) is 131 cm³/mol. The lowest BCUT2D eigenvalue weighted by Gasteiger charge is -2.33. The molecular formula is C26H23ClN2O2S. The van der Waals surface area contributed by atoms with Gasteiger partial charge in [0.25, 0.3) is 5.91 Å². The molecule has 0 N–H and O–H groups in total. The predicted octanol–water partition coefficient (Wildman–Crippen LogP) is 5.77. The van der Waals surface area contributed by atoms with E-state index in [1.165, 1.54) is 17.3 Å². The van der Waals surface area contributed by atoms with E-state index in [1.54, 1.807) is 9.80 Å². The molecule has 0 saturated carbocycles. The molecule has 5 rings (SSSR count). The third-order valence-corrected chi connectivity index (χ3v) is 8.06. The second-order valence-corrected chi connectivity index (χ2v) is 10.0. The fourth-order valence-corrected chi connectivity index (χ4v) is 6.30. The molecule has 3 aromatic rings. The first-order valence-electron chi connectivity index (χ1n) is 10.7. The summed E-state index contributed by atoms with van der Waals surface area (Å²) in [5.74, 6) is -0.164. The van der Waals surface area contributed by atoms with Crippen molar-refractivity contribution in [3.63, 3.8) is 0 Å². The number of rotatable bonds is 4. The Bertz CT molecular complexity index is 1210. The molecule has 0 bridgehead atoms. The van der Waals surface area contributed by atoms with Gasteiger partial charge >= 0.3 is 0 Å². The third kappa shape index (κ3) is 3.06. The molecule has 1 fully saturated rings. The number of carbonyl (C=O) groups excluding carboxylic acids is 2. The van der Waals surface area contributed by atoms with Crippen LogP contribution in [0.3, 0.4) is 0 Å². The minimum absolute atomic E-state index is 0.0537. The highest BCUT2D eigenvalue weighted by Crippen LogP contribution is 2.58. The normalized spacial score (nSPS) is 22.2. The summed E-state index contributed by atoms with van der Waals surface area (Å²) in [4.78, 5) is 29.9. The quantitative estimate of drug-likeness (QED) is 0.494. The van der Waals surface area contributed by atoms with Gasteiger partial charge in [-0.25, -0.2) is 0 Å². The van der Waals surface area contributed by atoms with Gasteiger partial charge in [0.2, 0.25) is 10.8 Å². The first-order chi connectivity index (χ1) is 15.5. The fourth-order valence-electron chi connectivity index (χ4n) is 4.57. The number of anilines is 2. The van der Waals surface area contributed by atoms with Crippen molar-refractivity contribution in [2.75, 3.05) is 9.80 Å². The smallest absolute Gasteiger partial charge is 0.269 e. The molecule has 0 radical (unpaired) electrons. The van der Waals surface area contributed by atoms with Gasteiger partial charge in [0, 0.05) is 16.3 Å². The van der Waals surface area contributed by atoms with Gasteiger partial charge in [-0.3, -0.25) is 14.5 Å². The molecule has 32 heavy (non-hydrogen) atoms. The number of hydrogen-bond acceptors (Lipinski definition) is 3. The molecule has 2 heterocycles. The Morgan fingerprint density at radius 2 is 1.66 bits per heavy atom. The summed E-state index contributed by atoms with van der Waals surface area (Å²) in [6, 6.07) is 23.3. The van der Waals surface area contributed by atoms with Crippen LogP contribution < -0.4 is 9.80 Å². The van der Waals surface area contributed by atoms with Crippen LogP contribution in [0.2, 0.25) is 5.02 Å². The van der Waals surface area contributed by atoms with Gasteiger partial charge in [-0.05, 0) is 48.7 Å². The highest BCUT2D eigenvalue weighted by atomic mass is 35.5. The Kier molecular flexibility index (Phi) is 5.26. The summed E-state index contributed by atoms with van der Waals surface area (Å²) in [6.45, 7) is 4.32. The van der Waals surface area contributed by atoms with Gasteiger partial charge in [0.05, 0.1) is 17.5 Å². The summed E-state index contributed by atoms with van der Waals surface area (Å²) in [7, 11) is 0. The largest absolute Gasteiger partial charge is 0.304 e. The number of halogens is 1. The van der Waals surface area contributed by atoms with Gasteiger partial charge in [-0.15, -0.1) is 11.8 Å². The van der Waals surface area contributed by atoms with E-state index in [9.17, 15) is 9.59 Å². The summed E-state index contributed by atoms with van der Waals surface area (Å²) in [5.41, 5.74) is 4.47. The number of hydrogen-bond donors (Lipinski definition) is 0. The van der Waals surface area contributed by atoms with Crippen LogP contribution in [0.1, 0.15) is 30.5 Å². The number of para-hydroxylation sites is 1. The number of benzene rings is 3. The van der Waals surface area contributed by atoms with Gasteiger partial charge in [0.15, 0.2) is 0 Å². The molecule has 2 amide bonds. The molecule has 2 aliphatic heterocycles. The first-order valence-corrected chi connectivity index (χ1v) is 12.0. The molecule has 0 unspecified atom stereocenters. The lowest BCUT2D eigenvalue weighted by Crippen LogP contribution is -2.49. The number of nitrogens with zero attached hydrogens (tertiary/aromatic N) is 2. The number of carbonyl (C=O) groups is 2. The van der Waals surface area contributed by atoms with Crippen LogP contribution >= 0.6 is 23.4 Å². The SMILES string of the molecule is CCc1ccc(N2C(=O)[C@@H](C)S[C@@]23C(=O)N(Cc2ccccc2Cl)c2ccccc23)cc1. The molecular weight excluding hydrogens is 440 g/mol. The molecule has 4 nitrogen and oxygen atoms in total. The van der Waals surface area contributed by atoms with E-state index in [1.807, 2.05) is 79.7 Å². The van der Waals surface area contributed by atoms with Gasteiger partial charge in [0.1, 0.15) is 0 Å². The topological polar surface area (TPSA) is 40.6 Å². The van der Waals surface area contributed by atoms with Crippen molar-refractivity contribution >= 4 is 46.6 Å². The van der Waals surface area contributed by atoms with Crippen LogP contribution in [0.4, 0.5) is 11.4 Å². The van der Waals surface area contributed by atoms with Crippen LogP contribution in [0, 0.1) is 0 Å². The molecule has 0 aromatic heterocycles. The van der Waals surface area contributed by atoms with Crippen LogP contribution in [0.15, 0.2) is 72.8 Å². The summed E-state index contributed by atoms with van der Waals surface area (Å²) < 4.78 is 0. The average molecular weight is 463 g/mol. The van der Waals surface area contributed by atoms with Crippen molar-refractivity contribution in [3.8, 4) is 0 Å². The zero-order valence-corrected chi connectivity index (χ0v) is 19.5. The van der Waals surface area contributed by atoms with Crippen LogP contribution in [0.25, 0.3) is 0 Å².